The molecule has 2 heterocycles. The number of hydrogen-bond donors (Lipinski definition) is 1. The quantitative estimate of drug-likeness (QED) is 0.726. The molecule has 0 radical (unpaired) electrons. The number of halogens is 3. The third-order valence-electron chi connectivity index (χ3n) is 3.49. The zero-order valence-electron chi connectivity index (χ0n) is 13.6. The highest BCUT2D eigenvalue weighted by atomic mass is 32.1. The number of thiazole rings is 1. The number of carbonyl (C=O) groups excluding carboxylic acids is 1. The Morgan fingerprint density at radius 1 is 1.27 bits per heavy atom. The third-order valence-corrected chi connectivity index (χ3v) is 4.43. The number of rotatable bonds is 5. The first-order chi connectivity index (χ1) is 12.3. The first kappa shape index (κ1) is 18.1. The second-order valence-electron chi connectivity index (χ2n) is 5.61. The highest BCUT2D eigenvalue weighted by molar-refractivity contribution is 7.13. The van der Waals surface area contributed by atoms with Crippen LogP contribution in [0.2, 0.25) is 0 Å². The molecule has 0 aliphatic rings. The molecule has 0 aliphatic heterocycles. The average molecular weight is 381 g/mol. The summed E-state index contributed by atoms with van der Waals surface area (Å²) in [5, 5.41) is 8.71. The number of carbonyl (C=O) groups is 1. The highest BCUT2D eigenvalue weighted by Gasteiger charge is 2.30. The van der Waals surface area contributed by atoms with E-state index in [1.807, 2.05) is 0 Å². The van der Waals surface area contributed by atoms with Gasteiger partial charge in [0.15, 0.2) is 5.76 Å². The molecule has 0 unspecified atom stereocenters. The molecule has 2 aromatic heterocycles. The number of benzene rings is 1. The summed E-state index contributed by atoms with van der Waals surface area (Å²) in [7, 11) is 0. The maximum absolute atomic E-state index is 12.6. The van der Waals surface area contributed by atoms with Gasteiger partial charge < -0.3 is 9.84 Å². The highest BCUT2D eigenvalue weighted by Crippen LogP contribution is 2.31. The fraction of sp³-hybridized carbons (Fsp3) is 0.235. The van der Waals surface area contributed by atoms with E-state index in [9.17, 15) is 18.0 Å². The third kappa shape index (κ3) is 4.48. The zero-order valence-corrected chi connectivity index (χ0v) is 14.4. The average Bonchev–Trinajstić information content (AvgIpc) is 3.21. The molecule has 0 aliphatic carbocycles. The van der Waals surface area contributed by atoms with E-state index in [1.165, 1.54) is 23.5 Å². The number of amides is 1. The number of alkyl halides is 3. The van der Waals surface area contributed by atoms with Gasteiger partial charge in [-0.25, -0.2) is 4.98 Å². The Kier molecular flexibility index (Phi) is 5.08. The number of hydrogen-bond acceptors (Lipinski definition) is 5. The summed E-state index contributed by atoms with van der Waals surface area (Å²) in [5.41, 5.74) is 1.15. The van der Waals surface area contributed by atoms with Crippen molar-refractivity contribution in [3.63, 3.8) is 0 Å². The fourth-order valence-corrected chi connectivity index (χ4v) is 3.06. The molecule has 26 heavy (non-hydrogen) atoms. The zero-order chi connectivity index (χ0) is 18.7. The standard InChI is InChI=1S/C17H14F3N3O2S/c1-10-6-14(25-23-10)8-21-15(24)7-13-9-26-16(22-13)11-2-4-12(5-3-11)17(18,19)20/h2-6,9H,7-8H2,1H3,(H,21,24). The van der Waals surface area contributed by atoms with Crippen LogP contribution in [0.15, 0.2) is 40.2 Å². The van der Waals surface area contributed by atoms with Crippen LogP contribution in [0.4, 0.5) is 13.2 Å². The van der Waals surface area contributed by atoms with Gasteiger partial charge in [-0.1, -0.05) is 17.3 Å². The van der Waals surface area contributed by atoms with E-state index in [0.717, 1.165) is 17.8 Å². The van der Waals surface area contributed by atoms with Crippen molar-refractivity contribution in [2.45, 2.75) is 26.1 Å². The van der Waals surface area contributed by atoms with Crippen molar-refractivity contribution in [3.8, 4) is 10.6 Å². The van der Waals surface area contributed by atoms with Crippen LogP contribution in [0.3, 0.4) is 0 Å². The minimum absolute atomic E-state index is 0.0737. The van der Waals surface area contributed by atoms with E-state index in [1.54, 1.807) is 18.4 Å². The second-order valence-corrected chi connectivity index (χ2v) is 6.47. The molecule has 3 aromatic rings. The van der Waals surface area contributed by atoms with Crippen LogP contribution < -0.4 is 5.32 Å². The van der Waals surface area contributed by atoms with Gasteiger partial charge in [-0.15, -0.1) is 11.3 Å². The molecular formula is C17H14F3N3O2S. The molecule has 0 saturated heterocycles. The van der Waals surface area contributed by atoms with Gasteiger partial charge >= 0.3 is 6.18 Å². The maximum atomic E-state index is 12.6. The van der Waals surface area contributed by atoms with E-state index < -0.39 is 11.7 Å². The van der Waals surface area contributed by atoms with Gasteiger partial charge in [0.1, 0.15) is 5.01 Å². The molecule has 0 saturated carbocycles. The van der Waals surface area contributed by atoms with Crippen LogP contribution in [0.5, 0.6) is 0 Å². The molecule has 136 valence electrons. The molecular weight excluding hydrogens is 367 g/mol. The van der Waals surface area contributed by atoms with Crippen molar-refractivity contribution in [1.29, 1.82) is 0 Å². The molecule has 3 rings (SSSR count). The molecule has 1 N–H and O–H groups in total. The smallest absolute Gasteiger partial charge is 0.359 e. The SMILES string of the molecule is Cc1cc(CNC(=O)Cc2csc(-c3ccc(C(F)(F)F)cc3)n2)on1. The number of nitrogens with zero attached hydrogens (tertiary/aromatic N) is 2. The summed E-state index contributed by atoms with van der Waals surface area (Å²) in [6, 6.07) is 6.51. The van der Waals surface area contributed by atoms with Gasteiger partial charge in [0.05, 0.1) is 29.9 Å². The monoisotopic (exact) mass is 381 g/mol. The van der Waals surface area contributed by atoms with Crippen LogP contribution >= 0.6 is 11.3 Å². The van der Waals surface area contributed by atoms with Crippen LogP contribution in [-0.2, 0) is 23.9 Å². The number of aryl methyl sites for hydroxylation is 1. The maximum Gasteiger partial charge on any atom is 0.416 e. The first-order valence-corrected chi connectivity index (χ1v) is 8.50. The van der Waals surface area contributed by atoms with Crippen molar-refractivity contribution < 1.29 is 22.5 Å². The summed E-state index contributed by atoms with van der Waals surface area (Å²) < 4.78 is 42.8. The van der Waals surface area contributed by atoms with Crippen LogP contribution in [0, 0.1) is 6.92 Å². The molecule has 0 bridgehead atoms. The van der Waals surface area contributed by atoms with Crippen molar-refractivity contribution in [2.75, 3.05) is 0 Å². The lowest BCUT2D eigenvalue weighted by Crippen LogP contribution is -2.24. The van der Waals surface area contributed by atoms with Crippen LogP contribution in [-0.4, -0.2) is 16.0 Å². The van der Waals surface area contributed by atoms with Gasteiger partial charge in [0.25, 0.3) is 0 Å². The molecule has 0 spiro atoms. The summed E-state index contributed by atoms with van der Waals surface area (Å²) in [6.45, 7) is 2.02. The van der Waals surface area contributed by atoms with E-state index in [4.69, 9.17) is 4.52 Å². The predicted molar refractivity (Wildman–Crippen MR) is 89.3 cm³/mol. The predicted octanol–water partition coefficient (Wildman–Crippen LogP) is 3.98. The summed E-state index contributed by atoms with van der Waals surface area (Å²) in [4.78, 5) is 16.3. The van der Waals surface area contributed by atoms with Crippen molar-refractivity contribution >= 4 is 17.2 Å². The number of aromatic nitrogens is 2. The van der Waals surface area contributed by atoms with Crippen LogP contribution in [0.25, 0.3) is 10.6 Å². The Morgan fingerprint density at radius 2 is 2.00 bits per heavy atom. The van der Waals surface area contributed by atoms with Gasteiger partial charge in [0.2, 0.25) is 5.91 Å². The number of nitrogens with one attached hydrogen (secondary N) is 1. The van der Waals surface area contributed by atoms with Crippen molar-refractivity contribution in [3.05, 3.63) is 58.4 Å². The molecule has 1 amide bonds. The minimum Gasteiger partial charge on any atom is -0.359 e. The second kappa shape index (κ2) is 7.28. The van der Waals surface area contributed by atoms with E-state index in [-0.39, 0.29) is 18.9 Å². The Morgan fingerprint density at radius 3 is 2.62 bits per heavy atom. The Balaban J connectivity index is 1.59. The van der Waals surface area contributed by atoms with E-state index >= 15 is 0 Å². The molecule has 1 aromatic carbocycles. The van der Waals surface area contributed by atoms with Crippen molar-refractivity contribution in [1.82, 2.24) is 15.5 Å². The molecule has 9 heteroatoms. The fourth-order valence-electron chi connectivity index (χ4n) is 2.23. The van der Waals surface area contributed by atoms with Crippen LogP contribution in [0.1, 0.15) is 22.7 Å². The molecule has 0 atom stereocenters. The molecule has 0 fully saturated rings. The normalized spacial score (nSPS) is 11.5. The summed E-state index contributed by atoms with van der Waals surface area (Å²) in [5.74, 6) is 0.322. The lowest BCUT2D eigenvalue weighted by atomic mass is 10.1. The van der Waals surface area contributed by atoms with E-state index in [0.29, 0.717) is 22.0 Å². The van der Waals surface area contributed by atoms with Gasteiger partial charge in [-0.2, -0.15) is 13.2 Å². The summed E-state index contributed by atoms with van der Waals surface area (Å²) >= 11 is 1.27. The van der Waals surface area contributed by atoms with Crippen molar-refractivity contribution in [2.24, 2.45) is 0 Å². The van der Waals surface area contributed by atoms with Gasteiger partial charge in [-0.05, 0) is 19.1 Å². The summed E-state index contributed by atoms with van der Waals surface area (Å²) in [6.07, 6.45) is -4.29. The topological polar surface area (TPSA) is 68.0 Å². The molecule has 5 nitrogen and oxygen atoms in total. The first-order valence-electron chi connectivity index (χ1n) is 7.62. The van der Waals surface area contributed by atoms with Gasteiger partial charge in [-0.3, -0.25) is 4.79 Å². The Bertz CT molecular complexity index is 901. The van der Waals surface area contributed by atoms with Gasteiger partial charge in [0, 0.05) is 17.0 Å². The Labute approximate surface area is 150 Å². The largest absolute Gasteiger partial charge is 0.416 e. The lowest BCUT2D eigenvalue weighted by molar-refractivity contribution is -0.137. The minimum atomic E-state index is -4.37. The Hall–Kier alpha value is -2.68. The lowest BCUT2D eigenvalue weighted by Gasteiger charge is -2.06. The van der Waals surface area contributed by atoms with E-state index in [2.05, 4.69) is 15.5 Å².